The third-order valence-electron chi connectivity index (χ3n) is 2.45. The Bertz CT molecular complexity index is 273. The molecule has 0 fully saturated rings. The molecule has 0 amide bonds. The van der Waals surface area contributed by atoms with Gasteiger partial charge in [-0.25, -0.2) is 0 Å². The summed E-state index contributed by atoms with van der Waals surface area (Å²) in [6, 6.07) is 2.05. The monoisotopic (exact) mass is 229 g/mol. The molecule has 1 rings (SSSR count). The van der Waals surface area contributed by atoms with E-state index in [9.17, 15) is 0 Å². The molecule has 0 aliphatic rings. The zero-order chi connectivity index (χ0) is 11.1. The summed E-state index contributed by atoms with van der Waals surface area (Å²) in [4.78, 5) is 0. The van der Waals surface area contributed by atoms with Gasteiger partial charge in [-0.05, 0) is 12.5 Å². The molecule has 86 valence electrons. The zero-order valence-corrected chi connectivity index (χ0v) is 10.3. The third-order valence-corrected chi connectivity index (χ3v) is 2.82. The second-order valence-electron chi connectivity index (χ2n) is 3.79. The molecule has 1 heterocycles. The molecule has 0 aliphatic carbocycles. The number of rotatable bonds is 7. The van der Waals surface area contributed by atoms with E-state index in [4.69, 9.17) is 11.6 Å². The van der Waals surface area contributed by atoms with Crippen LogP contribution in [-0.4, -0.2) is 28.2 Å². The first-order valence-corrected chi connectivity index (χ1v) is 5.99. The number of aromatic nitrogens is 2. The maximum atomic E-state index is 6.09. The van der Waals surface area contributed by atoms with E-state index in [-0.39, 0.29) is 5.38 Å². The number of nitrogens with one attached hydrogen (secondary N) is 1. The van der Waals surface area contributed by atoms with Crippen molar-refractivity contribution in [3.05, 3.63) is 18.0 Å². The fourth-order valence-corrected chi connectivity index (χ4v) is 1.86. The van der Waals surface area contributed by atoms with E-state index in [1.54, 1.807) is 0 Å². The van der Waals surface area contributed by atoms with Crippen LogP contribution in [0.5, 0.6) is 0 Å². The minimum absolute atomic E-state index is 0.265. The number of aryl methyl sites for hydroxylation is 1. The number of nitrogens with zero attached hydrogens (tertiary/aromatic N) is 2. The molecule has 0 radical (unpaired) electrons. The smallest absolute Gasteiger partial charge is 0.0492 e. The lowest BCUT2D eigenvalue weighted by Gasteiger charge is -2.09. The van der Waals surface area contributed by atoms with E-state index < -0.39 is 0 Å². The molecule has 1 aromatic heterocycles. The van der Waals surface area contributed by atoms with Gasteiger partial charge in [0.15, 0.2) is 0 Å². The van der Waals surface area contributed by atoms with Crippen LogP contribution >= 0.6 is 11.6 Å². The summed E-state index contributed by atoms with van der Waals surface area (Å²) >= 11 is 6.09. The molecular formula is C11H20ClN3. The quantitative estimate of drug-likeness (QED) is 0.572. The van der Waals surface area contributed by atoms with Gasteiger partial charge in [0.1, 0.15) is 0 Å². The van der Waals surface area contributed by atoms with Crippen LogP contribution < -0.4 is 5.32 Å². The topological polar surface area (TPSA) is 29.9 Å². The van der Waals surface area contributed by atoms with E-state index in [1.165, 1.54) is 5.69 Å². The summed E-state index contributed by atoms with van der Waals surface area (Å²) in [6.45, 7) is 4.02. The predicted molar refractivity (Wildman–Crippen MR) is 64.3 cm³/mol. The molecule has 0 bridgehead atoms. The Hall–Kier alpha value is -0.540. The Labute approximate surface area is 96.8 Å². The first-order valence-electron chi connectivity index (χ1n) is 5.55. The van der Waals surface area contributed by atoms with Crippen molar-refractivity contribution >= 4 is 11.6 Å². The maximum absolute atomic E-state index is 6.09. The molecule has 3 nitrogen and oxygen atoms in total. The van der Waals surface area contributed by atoms with Crippen molar-refractivity contribution in [1.29, 1.82) is 0 Å². The Morgan fingerprint density at radius 1 is 1.60 bits per heavy atom. The van der Waals surface area contributed by atoms with Crippen LogP contribution in [0.2, 0.25) is 0 Å². The standard InChI is InChI=1S/C11H20ClN3/c1-3-4-10(12)9-13-7-5-11-6-8-14-15(11)2/h6,8,10,13H,3-5,7,9H2,1-2H3. The molecule has 15 heavy (non-hydrogen) atoms. The molecular weight excluding hydrogens is 210 g/mol. The van der Waals surface area contributed by atoms with Gasteiger partial charge in [0.2, 0.25) is 0 Å². The average molecular weight is 230 g/mol. The largest absolute Gasteiger partial charge is 0.315 e. The minimum Gasteiger partial charge on any atom is -0.315 e. The van der Waals surface area contributed by atoms with Gasteiger partial charge in [0.25, 0.3) is 0 Å². The molecule has 1 unspecified atom stereocenters. The van der Waals surface area contributed by atoms with Crippen LogP contribution in [0, 0.1) is 0 Å². The Morgan fingerprint density at radius 3 is 3.00 bits per heavy atom. The number of halogens is 1. The highest BCUT2D eigenvalue weighted by atomic mass is 35.5. The molecule has 0 aliphatic heterocycles. The zero-order valence-electron chi connectivity index (χ0n) is 9.54. The highest BCUT2D eigenvalue weighted by molar-refractivity contribution is 6.20. The number of alkyl halides is 1. The van der Waals surface area contributed by atoms with Crippen molar-refractivity contribution in [1.82, 2.24) is 15.1 Å². The lowest BCUT2D eigenvalue weighted by molar-refractivity contribution is 0.607. The summed E-state index contributed by atoms with van der Waals surface area (Å²) < 4.78 is 1.91. The number of hydrogen-bond acceptors (Lipinski definition) is 2. The van der Waals surface area contributed by atoms with Gasteiger partial charge in [-0.3, -0.25) is 4.68 Å². The van der Waals surface area contributed by atoms with Gasteiger partial charge in [0.05, 0.1) is 0 Å². The molecule has 0 spiro atoms. The number of hydrogen-bond donors (Lipinski definition) is 1. The summed E-state index contributed by atoms with van der Waals surface area (Å²) in [5, 5.41) is 7.75. The van der Waals surface area contributed by atoms with Crippen LogP contribution in [0.4, 0.5) is 0 Å². The molecule has 1 N–H and O–H groups in total. The first kappa shape index (κ1) is 12.5. The first-order chi connectivity index (χ1) is 7.24. The Kier molecular flexibility index (Phi) is 5.73. The van der Waals surface area contributed by atoms with E-state index >= 15 is 0 Å². The second-order valence-corrected chi connectivity index (χ2v) is 4.40. The molecule has 1 aromatic rings. The SMILES string of the molecule is CCCC(Cl)CNCCc1ccnn1C. The fraction of sp³-hybridized carbons (Fsp3) is 0.727. The Morgan fingerprint density at radius 2 is 2.40 bits per heavy atom. The van der Waals surface area contributed by atoms with E-state index in [2.05, 4.69) is 17.3 Å². The molecule has 1 atom stereocenters. The summed E-state index contributed by atoms with van der Waals surface area (Å²) in [6.07, 6.45) is 5.07. The second kappa shape index (κ2) is 6.85. The summed E-state index contributed by atoms with van der Waals surface area (Å²) in [5.41, 5.74) is 1.25. The van der Waals surface area contributed by atoms with Gasteiger partial charge >= 0.3 is 0 Å². The van der Waals surface area contributed by atoms with Crippen LogP contribution in [0.1, 0.15) is 25.5 Å². The van der Waals surface area contributed by atoms with E-state index in [1.807, 2.05) is 24.0 Å². The summed E-state index contributed by atoms with van der Waals surface area (Å²) in [5.74, 6) is 0. The van der Waals surface area contributed by atoms with Gasteiger partial charge in [0, 0.05) is 43.8 Å². The highest BCUT2D eigenvalue weighted by Gasteiger charge is 2.02. The predicted octanol–water partition coefficient (Wildman–Crippen LogP) is 1.96. The molecule has 0 aromatic carbocycles. The van der Waals surface area contributed by atoms with E-state index in [0.717, 1.165) is 32.4 Å². The van der Waals surface area contributed by atoms with Crippen molar-refractivity contribution in [3.8, 4) is 0 Å². The fourth-order valence-electron chi connectivity index (χ4n) is 1.54. The average Bonchev–Trinajstić information content (AvgIpc) is 2.60. The van der Waals surface area contributed by atoms with Gasteiger partial charge in [-0.15, -0.1) is 11.6 Å². The maximum Gasteiger partial charge on any atom is 0.0492 e. The van der Waals surface area contributed by atoms with Gasteiger partial charge in [-0.2, -0.15) is 5.10 Å². The molecule has 0 saturated carbocycles. The molecule has 4 heteroatoms. The lowest BCUT2D eigenvalue weighted by atomic mass is 10.2. The van der Waals surface area contributed by atoms with Crippen LogP contribution in [0.25, 0.3) is 0 Å². The van der Waals surface area contributed by atoms with Crippen LogP contribution in [-0.2, 0) is 13.5 Å². The third kappa shape index (κ3) is 4.67. The normalized spacial score (nSPS) is 13.0. The Balaban J connectivity index is 2.09. The van der Waals surface area contributed by atoms with Crippen LogP contribution in [0.15, 0.2) is 12.3 Å². The minimum atomic E-state index is 0.265. The van der Waals surface area contributed by atoms with Crippen LogP contribution in [0.3, 0.4) is 0 Å². The summed E-state index contributed by atoms with van der Waals surface area (Å²) in [7, 11) is 1.97. The lowest BCUT2D eigenvalue weighted by Crippen LogP contribution is -2.25. The van der Waals surface area contributed by atoms with Gasteiger partial charge < -0.3 is 5.32 Å². The van der Waals surface area contributed by atoms with Crippen molar-refractivity contribution < 1.29 is 0 Å². The van der Waals surface area contributed by atoms with E-state index in [0.29, 0.717) is 0 Å². The van der Waals surface area contributed by atoms with Crippen molar-refractivity contribution in [2.45, 2.75) is 31.6 Å². The van der Waals surface area contributed by atoms with Gasteiger partial charge in [-0.1, -0.05) is 13.3 Å². The van der Waals surface area contributed by atoms with Crippen molar-refractivity contribution in [2.75, 3.05) is 13.1 Å². The highest BCUT2D eigenvalue weighted by Crippen LogP contribution is 2.03. The van der Waals surface area contributed by atoms with Crippen molar-refractivity contribution in [3.63, 3.8) is 0 Å². The van der Waals surface area contributed by atoms with Crippen molar-refractivity contribution in [2.24, 2.45) is 7.05 Å². The molecule has 0 saturated heterocycles.